The van der Waals surface area contributed by atoms with Gasteiger partial charge in [0, 0.05) is 32.2 Å². The third kappa shape index (κ3) is 9.51. The Bertz CT molecular complexity index is 347. The summed E-state index contributed by atoms with van der Waals surface area (Å²) in [6.45, 7) is 3.69. The predicted octanol–water partition coefficient (Wildman–Crippen LogP) is 2.08. The van der Waals surface area contributed by atoms with Gasteiger partial charge in [-0.25, -0.2) is 0 Å². The number of rotatable bonds is 9. The molecule has 0 saturated carbocycles. The van der Waals surface area contributed by atoms with Crippen molar-refractivity contribution in [3.8, 4) is 0 Å². The van der Waals surface area contributed by atoms with E-state index in [0.717, 1.165) is 32.1 Å². The van der Waals surface area contributed by atoms with Crippen LogP contribution in [0.5, 0.6) is 0 Å². The molecule has 0 bridgehead atoms. The van der Waals surface area contributed by atoms with Crippen LogP contribution in [0, 0.1) is 0 Å². The average molecular weight is 413 g/mol. The van der Waals surface area contributed by atoms with Crippen molar-refractivity contribution in [1.29, 1.82) is 0 Å². The standard InChI is InChI=1S/C13H23N3O2S.HI/c1-14-13(16-11-12-5-3-10-19-12)15-6-4-7-18-9-8-17-2;/h3,5,10H,4,6-9,11H2,1-2H3,(H2,14,15,16);1H. The van der Waals surface area contributed by atoms with Crippen molar-refractivity contribution >= 4 is 41.3 Å². The number of nitrogens with zero attached hydrogens (tertiary/aromatic N) is 1. The molecule has 0 aliphatic heterocycles. The maximum absolute atomic E-state index is 5.38. The van der Waals surface area contributed by atoms with Gasteiger partial charge in [-0.05, 0) is 17.9 Å². The molecule has 0 amide bonds. The maximum Gasteiger partial charge on any atom is 0.191 e. The Hall–Kier alpha value is -0.380. The highest BCUT2D eigenvalue weighted by atomic mass is 127. The summed E-state index contributed by atoms with van der Waals surface area (Å²) in [6, 6.07) is 4.16. The van der Waals surface area contributed by atoms with E-state index < -0.39 is 0 Å². The molecule has 7 heteroatoms. The van der Waals surface area contributed by atoms with Crippen LogP contribution in [-0.4, -0.2) is 46.5 Å². The van der Waals surface area contributed by atoms with Gasteiger partial charge < -0.3 is 20.1 Å². The summed E-state index contributed by atoms with van der Waals surface area (Å²) in [5, 5.41) is 8.60. The number of thiophene rings is 1. The van der Waals surface area contributed by atoms with Crippen molar-refractivity contribution in [2.75, 3.05) is 40.5 Å². The lowest BCUT2D eigenvalue weighted by Gasteiger charge is -2.11. The Morgan fingerprint density at radius 1 is 1.30 bits per heavy atom. The van der Waals surface area contributed by atoms with E-state index in [9.17, 15) is 0 Å². The number of guanidine groups is 1. The van der Waals surface area contributed by atoms with E-state index in [2.05, 4.69) is 33.1 Å². The largest absolute Gasteiger partial charge is 0.382 e. The van der Waals surface area contributed by atoms with Crippen LogP contribution in [0.4, 0.5) is 0 Å². The predicted molar refractivity (Wildman–Crippen MR) is 95.2 cm³/mol. The minimum atomic E-state index is 0. The molecule has 1 aromatic rings. The molecule has 0 aliphatic rings. The molecular weight excluding hydrogens is 389 g/mol. The molecule has 0 fully saturated rings. The normalized spacial score (nSPS) is 11.0. The molecule has 20 heavy (non-hydrogen) atoms. The van der Waals surface area contributed by atoms with Gasteiger partial charge in [0.15, 0.2) is 5.96 Å². The van der Waals surface area contributed by atoms with Crippen LogP contribution in [0.15, 0.2) is 22.5 Å². The molecule has 0 atom stereocenters. The summed E-state index contributed by atoms with van der Waals surface area (Å²) in [7, 11) is 3.45. The van der Waals surface area contributed by atoms with Gasteiger partial charge in [0.25, 0.3) is 0 Å². The second-order valence-electron chi connectivity index (χ2n) is 3.89. The fraction of sp³-hybridized carbons (Fsp3) is 0.615. The van der Waals surface area contributed by atoms with Crippen LogP contribution < -0.4 is 10.6 Å². The first-order valence-electron chi connectivity index (χ1n) is 6.40. The smallest absolute Gasteiger partial charge is 0.191 e. The summed E-state index contributed by atoms with van der Waals surface area (Å²) in [5.74, 6) is 0.824. The highest BCUT2D eigenvalue weighted by Crippen LogP contribution is 2.06. The number of nitrogens with one attached hydrogen (secondary N) is 2. The van der Waals surface area contributed by atoms with Gasteiger partial charge in [-0.15, -0.1) is 35.3 Å². The zero-order valence-electron chi connectivity index (χ0n) is 12.1. The lowest BCUT2D eigenvalue weighted by Crippen LogP contribution is -2.37. The first-order valence-corrected chi connectivity index (χ1v) is 7.28. The van der Waals surface area contributed by atoms with Crippen LogP contribution in [0.2, 0.25) is 0 Å². The van der Waals surface area contributed by atoms with Gasteiger partial charge in [0.05, 0.1) is 19.8 Å². The van der Waals surface area contributed by atoms with Crippen molar-refractivity contribution in [3.05, 3.63) is 22.4 Å². The maximum atomic E-state index is 5.38. The zero-order chi connectivity index (χ0) is 13.8. The topological polar surface area (TPSA) is 54.9 Å². The lowest BCUT2D eigenvalue weighted by molar-refractivity contribution is 0.0698. The number of hydrogen-bond acceptors (Lipinski definition) is 4. The van der Waals surface area contributed by atoms with Crippen LogP contribution in [0.25, 0.3) is 0 Å². The fourth-order valence-electron chi connectivity index (χ4n) is 1.43. The van der Waals surface area contributed by atoms with Crippen molar-refractivity contribution in [3.63, 3.8) is 0 Å². The van der Waals surface area contributed by atoms with Crippen LogP contribution >= 0.6 is 35.3 Å². The Kier molecular flexibility index (Phi) is 13.3. The molecule has 1 aromatic heterocycles. The van der Waals surface area contributed by atoms with E-state index >= 15 is 0 Å². The Morgan fingerprint density at radius 2 is 2.15 bits per heavy atom. The zero-order valence-corrected chi connectivity index (χ0v) is 15.2. The average Bonchev–Trinajstić information content (AvgIpc) is 2.94. The molecule has 1 rings (SSSR count). The summed E-state index contributed by atoms with van der Waals surface area (Å²) in [5.41, 5.74) is 0. The molecule has 0 aromatic carbocycles. The highest BCUT2D eigenvalue weighted by Gasteiger charge is 1.98. The minimum Gasteiger partial charge on any atom is -0.382 e. The van der Waals surface area contributed by atoms with Crippen LogP contribution in [0.3, 0.4) is 0 Å². The van der Waals surface area contributed by atoms with Gasteiger partial charge in [0.2, 0.25) is 0 Å². The van der Waals surface area contributed by atoms with Gasteiger partial charge in [-0.1, -0.05) is 6.07 Å². The van der Waals surface area contributed by atoms with E-state index in [1.165, 1.54) is 4.88 Å². The Morgan fingerprint density at radius 3 is 2.80 bits per heavy atom. The third-order valence-electron chi connectivity index (χ3n) is 2.42. The molecule has 5 nitrogen and oxygen atoms in total. The highest BCUT2D eigenvalue weighted by molar-refractivity contribution is 14.0. The fourth-order valence-corrected chi connectivity index (χ4v) is 2.07. The quantitative estimate of drug-likeness (QED) is 0.282. The number of hydrogen-bond donors (Lipinski definition) is 2. The van der Waals surface area contributed by atoms with E-state index in [-0.39, 0.29) is 24.0 Å². The van der Waals surface area contributed by atoms with Gasteiger partial charge in [0.1, 0.15) is 0 Å². The third-order valence-corrected chi connectivity index (χ3v) is 3.30. The van der Waals surface area contributed by atoms with Gasteiger partial charge >= 0.3 is 0 Å². The van der Waals surface area contributed by atoms with E-state index in [0.29, 0.717) is 13.2 Å². The van der Waals surface area contributed by atoms with E-state index in [1.807, 2.05) is 0 Å². The number of aliphatic imine (C=N–C) groups is 1. The van der Waals surface area contributed by atoms with Crippen molar-refractivity contribution < 1.29 is 9.47 Å². The molecule has 2 N–H and O–H groups in total. The SMILES string of the molecule is CN=C(NCCCOCCOC)NCc1cccs1.I. The Labute approximate surface area is 142 Å². The molecule has 116 valence electrons. The Balaban J connectivity index is 0.00000361. The molecule has 0 radical (unpaired) electrons. The number of halogens is 1. The van der Waals surface area contributed by atoms with Crippen molar-refractivity contribution in [1.82, 2.24) is 10.6 Å². The van der Waals surface area contributed by atoms with Crippen molar-refractivity contribution in [2.24, 2.45) is 4.99 Å². The van der Waals surface area contributed by atoms with E-state index in [4.69, 9.17) is 9.47 Å². The van der Waals surface area contributed by atoms with Crippen LogP contribution in [-0.2, 0) is 16.0 Å². The van der Waals surface area contributed by atoms with E-state index in [1.54, 1.807) is 25.5 Å². The summed E-state index contributed by atoms with van der Waals surface area (Å²) >= 11 is 1.74. The first-order chi connectivity index (χ1) is 9.36. The molecule has 0 spiro atoms. The van der Waals surface area contributed by atoms with Gasteiger partial charge in [-0.3, -0.25) is 4.99 Å². The van der Waals surface area contributed by atoms with Gasteiger partial charge in [-0.2, -0.15) is 0 Å². The summed E-state index contributed by atoms with van der Waals surface area (Å²) in [6.07, 6.45) is 0.948. The second kappa shape index (κ2) is 13.6. The number of methoxy groups -OCH3 is 1. The molecule has 0 unspecified atom stereocenters. The monoisotopic (exact) mass is 413 g/mol. The van der Waals surface area contributed by atoms with Crippen LogP contribution in [0.1, 0.15) is 11.3 Å². The molecular formula is C13H24IN3O2S. The lowest BCUT2D eigenvalue weighted by atomic mass is 10.4. The summed E-state index contributed by atoms with van der Waals surface area (Å²) < 4.78 is 10.3. The molecule has 0 saturated heterocycles. The molecule has 1 heterocycles. The minimum absolute atomic E-state index is 0. The summed E-state index contributed by atoms with van der Waals surface area (Å²) in [4.78, 5) is 5.47. The second-order valence-corrected chi connectivity index (χ2v) is 4.92. The number of ether oxygens (including phenoxy) is 2. The van der Waals surface area contributed by atoms with Crippen molar-refractivity contribution in [2.45, 2.75) is 13.0 Å². The first kappa shape index (κ1) is 19.6. The molecule has 0 aliphatic carbocycles.